The zero-order valence-electron chi connectivity index (χ0n) is 18.5. The summed E-state index contributed by atoms with van der Waals surface area (Å²) in [5.74, 6) is 2.03. The highest BCUT2D eigenvalue weighted by atomic mass is 127. The number of nitrogens with one attached hydrogen (secondary N) is 1. The Bertz CT molecular complexity index is 698. The lowest BCUT2D eigenvalue weighted by molar-refractivity contribution is -0.00545. The molecule has 3 aliphatic heterocycles. The monoisotopic (exact) mass is 529 g/mol. The zero-order valence-corrected chi connectivity index (χ0v) is 20.8. The second-order valence-corrected chi connectivity index (χ2v) is 8.83. The second-order valence-electron chi connectivity index (χ2n) is 8.83. The fraction of sp³-hybridized carbons (Fsp3) is 0.727. The molecular formula is C22H36IN5O2. The molecule has 1 spiro atoms. The third-order valence-electron chi connectivity index (χ3n) is 6.22. The van der Waals surface area contributed by atoms with E-state index in [-0.39, 0.29) is 36.2 Å². The van der Waals surface area contributed by atoms with Gasteiger partial charge in [-0.25, -0.2) is 9.98 Å². The number of hydrogen-bond acceptors (Lipinski definition) is 5. The van der Waals surface area contributed by atoms with E-state index in [4.69, 9.17) is 19.5 Å². The molecule has 0 amide bonds. The molecule has 1 aromatic rings. The van der Waals surface area contributed by atoms with Crippen molar-refractivity contribution in [3.05, 3.63) is 23.9 Å². The van der Waals surface area contributed by atoms with Gasteiger partial charge in [0, 0.05) is 50.9 Å². The van der Waals surface area contributed by atoms with Crippen LogP contribution in [0.4, 0.5) is 5.82 Å². The first-order valence-corrected chi connectivity index (χ1v) is 11.0. The average Bonchev–Trinajstić information content (AvgIpc) is 3.35. The van der Waals surface area contributed by atoms with Crippen molar-refractivity contribution in [3.8, 4) is 0 Å². The summed E-state index contributed by atoms with van der Waals surface area (Å²) in [4.78, 5) is 14.3. The van der Waals surface area contributed by atoms with Gasteiger partial charge in [0.25, 0.3) is 0 Å². The molecule has 3 atom stereocenters. The maximum atomic E-state index is 5.83. The first kappa shape index (κ1) is 23.5. The van der Waals surface area contributed by atoms with Crippen LogP contribution in [-0.2, 0) is 16.0 Å². The van der Waals surface area contributed by atoms with Crippen molar-refractivity contribution >= 4 is 35.8 Å². The molecule has 0 radical (unpaired) electrons. The van der Waals surface area contributed by atoms with Crippen molar-refractivity contribution in [1.82, 2.24) is 15.2 Å². The maximum Gasteiger partial charge on any atom is 0.194 e. The lowest BCUT2D eigenvalue weighted by Gasteiger charge is -2.36. The molecule has 168 valence electrons. The number of nitrogens with zero attached hydrogens (tertiary/aromatic N) is 4. The van der Waals surface area contributed by atoms with E-state index in [1.807, 2.05) is 6.20 Å². The molecule has 3 unspecified atom stereocenters. The molecule has 1 N–H and O–H groups in total. The number of ether oxygens (including phenoxy) is 2. The van der Waals surface area contributed by atoms with E-state index in [1.165, 1.54) is 12.8 Å². The van der Waals surface area contributed by atoms with Crippen LogP contribution in [-0.4, -0.2) is 74.0 Å². The van der Waals surface area contributed by atoms with Gasteiger partial charge in [0.05, 0.1) is 25.4 Å². The Kier molecular flexibility index (Phi) is 8.20. The van der Waals surface area contributed by atoms with Crippen molar-refractivity contribution in [2.75, 3.05) is 50.8 Å². The predicted octanol–water partition coefficient (Wildman–Crippen LogP) is 2.89. The lowest BCUT2D eigenvalue weighted by Crippen LogP contribution is -2.45. The molecule has 30 heavy (non-hydrogen) atoms. The number of aliphatic imine (C=N–C) groups is 1. The molecule has 0 aromatic carbocycles. The van der Waals surface area contributed by atoms with Crippen LogP contribution in [0.3, 0.4) is 0 Å². The van der Waals surface area contributed by atoms with E-state index in [0.29, 0.717) is 12.0 Å². The van der Waals surface area contributed by atoms with Gasteiger partial charge in [0.2, 0.25) is 0 Å². The van der Waals surface area contributed by atoms with E-state index in [0.717, 1.165) is 63.3 Å². The van der Waals surface area contributed by atoms with E-state index < -0.39 is 0 Å². The molecule has 4 rings (SSSR count). The van der Waals surface area contributed by atoms with Crippen molar-refractivity contribution in [3.63, 3.8) is 0 Å². The Morgan fingerprint density at radius 1 is 1.27 bits per heavy atom. The number of aromatic nitrogens is 1. The van der Waals surface area contributed by atoms with Gasteiger partial charge >= 0.3 is 0 Å². The minimum absolute atomic E-state index is 0. The summed E-state index contributed by atoms with van der Waals surface area (Å²) in [7, 11) is 0. The number of hydrogen-bond donors (Lipinski definition) is 1. The van der Waals surface area contributed by atoms with E-state index in [9.17, 15) is 0 Å². The van der Waals surface area contributed by atoms with Crippen molar-refractivity contribution < 1.29 is 9.47 Å². The van der Waals surface area contributed by atoms with Crippen molar-refractivity contribution in [1.29, 1.82) is 0 Å². The Morgan fingerprint density at radius 2 is 2.07 bits per heavy atom. The molecule has 4 heterocycles. The Labute approximate surface area is 197 Å². The van der Waals surface area contributed by atoms with Gasteiger partial charge in [0.15, 0.2) is 5.96 Å². The number of morpholine rings is 1. The molecular weight excluding hydrogens is 493 g/mol. The second kappa shape index (κ2) is 10.5. The molecule has 3 aliphatic rings. The van der Waals surface area contributed by atoms with Gasteiger partial charge in [-0.3, -0.25) is 0 Å². The Hall–Kier alpha value is -1.13. The van der Waals surface area contributed by atoms with Crippen LogP contribution >= 0.6 is 24.0 Å². The number of likely N-dealkylation sites (tertiary alicyclic amines) is 1. The fourth-order valence-electron chi connectivity index (χ4n) is 4.74. The number of rotatable bonds is 4. The lowest BCUT2D eigenvalue weighted by atomic mass is 9.87. The highest BCUT2D eigenvalue weighted by Crippen LogP contribution is 2.38. The molecule has 7 nitrogen and oxygen atoms in total. The summed E-state index contributed by atoms with van der Waals surface area (Å²) < 4.78 is 11.5. The van der Waals surface area contributed by atoms with Gasteiger partial charge < -0.3 is 24.6 Å². The summed E-state index contributed by atoms with van der Waals surface area (Å²) in [5, 5.41) is 3.47. The Balaban J connectivity index is 0.00000256. The van der Waals surface area contributed by atoms with Crippen molar-refractivity contribution in [2.45, 2.75) is 52.4 Å². The van der Waals surface area contributed by atoms with E-state index in [1.54, 1.807) is 0 Å². The van der Waals surface area contributed by atoms with Crippen LogP contribution in [0.15, 0.2) is 23.3 Å². The summed E-state index contributed by atoms with van der Waals surface area (Å²) in [6.45, 7) is 13.6. The number of guanidine groups is 1. The molecule has 0 aliphatic carbocycles. The van der Waals surface area contributed by atoms with Crippen LogP contribution in [0.25, 0.3) is 0 Å². The predicted molar refractivity (Wildman–Crippen MR) is 131 cm³/mol. The highest BCUT2D eigenvalue weighted by Gasteiger charge is 2.42. The summed E-state index contributed by atoms with van der Waals surface area (Å²) >= 11 is 0. The number of halogens is 1. The SMILES string of the molecule is CCNC(=NCc1ccc(N2CC(C)OC(C)C2)nc1)N1CCC2(CCOC2)C1.I. The van der Waals surface area contributed by atoms with Gasteiger partial charge in [-0.15, -0.1) is 24.0 Å². The highest BCUT2D eigenvalue weighted by molar-refractivity contribution is 14.0. The molecule has 8 heteroatoms. The summed E-state index contributed by atoms with van der Waals surface area (Å²) in [6.07, 6.45) is 4.81. The Morgan fingerprint density at radius 3 is 2.70 bits per heavy atom. The van der Waals surface area contributed by atoms with Crippen LogP contribution < -0.4 is 10.2 Å². The van der Waals surface area contributed by atoms with Gasteiger partial charge in [-0.05, 0) is 45.2 Å². The smallest absolute Gasteiger partial charge is 0.194 e. The topological polar surface area (TPSA) is 62.2 Å². The largest absolute Gasteiger partial charge is 0.381 e. The standard InChI is InChI=1S/C22H35N5O2.HI/c1-4-23-21(26-9-7-22(15-26)8-10-28-16-22)25-12-19-5-6-20(24-11-19)27-13-17(2)29-18(3)14-27;/h5-6,11,17-18H,4,7-10,12-16H2,1-3H3,(H,23,25);1H. The normalized spacial score (nSPS) is 29.4. The number of pyridine rings is 1. The van der Waals surface area contributed by atoms with E-state index >= 15 is 0 Å². The molecule has 3 saturated heterocycles. The summed E-state index contributed by atoms with van der Waals surface area (Å²) in [6, 6.07) is 4.26. The minimum atomic E-state index is 0. The third kappa shape index (κ3) is 5.56. The zero-order chi connectivity index (χ0) is 20.3. The number of anilines is 1. The molecule has 3 fully saturated rings. The quantitative estimate of drug-likeness (QED) is 0.368. The minimum Gasteiger partial charge on any atom is -0.381 e. The van der Waals surface area contributed by atoms with Crippen LogP contribution in [0.2, 0.25) is 0 Å². The molecule has 0 saturated carbocycles. The maximum absolute atomic E-state index is 5.83. The fourth-order valence-corrected chi connectivity index (χ4v) is 4.74. The first-order chi connectivity index (χ1) is 14.1. The molecule has 1 aromatic heterocycles. The van der Waals surface area contributed by atoms with E-state index in [2.05, 4.69) is 48.0 Å². The first-order valence-electron chi connectivity index (χ1n) is 11.0. The third-order valence-corrected chi connectivity index (χ3v) is 6.22. The van der Waals surface area contributed by atoms with Gasteiger partial charge in [-0.2, -0.15) is 0 Å². The van der Waals surface area contributed by atoms with Crippen LogP contribution in [0.5, 0.6) is 0 Å². The van der Waals surface area contributed by atoms with Gasteiger partial charge in [0.1, 0.15) is 5.82 Å². The summed E-state index contributed by atoms with van der Waals surface area (Å²) in [5.41, 5.74) is 1.47. The van der Waals surface area contributed by atoms with Gasteiger partial charge in [-0.1, -0.05) is 6.07 Å². The van der Waals surface area contributed by atoms with Crippen LogP contribution in [0, 0.1) is 5.41 Å². The molecule has 0 bridgehead atoms. The van der Waals surface area contributed by atoms with Crippen molar-refractivity contribution in [2.24, 2.45) is 10.4 Å². The van der Waals surface area contributed by atoms with Crippen LogP contribution in [0.1, 0.15) is 39.2 Å². The average molecular weight is 529 g/mol.